The molecule has 0 N–H and O–H groups in total. The third-order valence-corrected chi connectivity index (χ3v) is 7.51. The van der Waals surface area contributed by atoms with E-state index in [0.29, 0.717) is 9.92 Å². The lowest BCUT2D eigenvalue weighted by Gasteiger charge is -2.44. The van der Waals surface area contributed by atoms with Crippen LogP contribution in [0.3, 0.4) is 0 Å². The van der Waals surface area contributed by atoms with Crippen molar-refractivity contribution in [1.29, 1.82) is 0 Å². The van der Waals surface area contributed by atoms with E-state index in [1.807, 2.05) is 0 Å². The number of pyridine rings is 1. The Kier molecular flexibility index (Phi) is 8.97. The monoisotopic (exact) mass is 595 g/mol. The molecule has 15 heteroatoms. The van der Waals surface area contributed by atoms with Gasteiger partial charge >= 0.3 is 11.9 Å². The summed E-state index contributed by atoms with van der Waals surface area (Å²) in [5.41, 5.74) is -0.778. The van der Waals surface area contributed by atoms with Gasteiger partial charge in [0.2, 0.25) is 0 Å². The van der Waals surface area contributed by atoms with E-state index in [4.69, 9.17) is 32.4 Å². The average Bonchev–Trinajstić information content (AvgIpc) is 3.37. The van der Waals surface area contributed by atoms with Gasteiger partial charge in [0.15, 0.2) is 23.6 Å². The van der Waals surface area contributed by atoms with Crippen molar-refractivity contribution in [3.05, 3.63) is 64.5 Å². The van der Waals surface area contributed by atoms with Crippen molar-refractivity contribution in [2.24, 2.45) is 5.92 Å². The Labute approximate surface area is 235 Å². The number of aromatic nitrogens is 4. The van der Waals surface area contributed by atoms with Crippen molar-refractivity contribution in [2.75, 3.05) is 6.61 Å². The van der Waals surface area contributed by atoms with E-state index in [9.17, 15) is 22.8 Å². The zero-order valence-electron chi connectivity index (χ0n) is 21.2. The van der Waals surface area contributed by atoms with E-state index in [-0.39, 0.29) is 23.7 Å². The number of rotatable bonds is 7. The predicted octanol–water partition coefficient (Wildman–Crippen LogP) is 5.15. The number of carbonyl (C=O) groups excluding carboxylic acids is 2. The van der Waals surface area contributed by atoms with Crippen LogP contribution in [0.15, 0.2) is 35.5 Å². The van der Waals surface area contributed by atoms with Crippen molar-refractivity contribution in [2.45, 2.75) is 49.4 Å². The number of hydrogen-bond donors (Lipinski definition) is 0. The Morgan fingerprint density at radius 2 is 1.90 bits per heavy atom. The van der Waals surface area contributed by atoms with Crippen LogP contribution < -0.4 is 0 Å². The van der Waals surface area contributed by atoms with E-state index >= 15 is 0 Å². The molecule has 0 bridgehead atoms. The first-order valence-electron chi connectivity index (χ1n) is 11.7. The van der Waals surface area contributed by atoms with Gasteiger partial charge in [-0.2, -0.15) is 0 Å². The highest BCUT2D eigenvalue weighted by Crippen LogP contribution is 2.45. The fraction of sp³-hybridized carbons (Fsp3) is 0.360. The van der Waals surface area contributed by atoms with Crippen LogP contribution in [0.4, 0.5) is 19.0 Å². The van der Waals surface area contributed by atoms with E-state index < -0.39 is 59.0 Å². The molecule has 1 aliphatic rings. The summed E-state index contributed by atoms with van der Waals surface area (Å²) >= 11 is 7.24. The van der Waals surface area contributed by atoms with Crippen molar-refractivity contribution < 1.29 is 37.0 Å². The second kappa shape index (κ2) is 12.2. The molecule has 0 spiro atoms. The van der Waals surface area contributed by atoms with Gasteiger partial charge in [0, 0.05) is 30.2 Å². The van der Waals surface area contributed by atoms with Gasteiger partial charge in [-0.05, 0) is 18.2 Å². The number of ether oxygens (including phenoxy) is 3. The molecule has 0 amide bonds. The second-order valence-corrected chi connectivity index (χ2v) is 10.4. The van der Waals surface area contributed by atoms with Gasteiger partial charge in [-0.3, -0.25) is 9.59 Å². The van der Waals surface area contributed by atoms with Crippen molar-refractivity contribution >= 4 is 41.1 Å². The maximum Gasteiger partial charge on any atom is 0.303 e. The van der Waals surface area contributed by atoms with Crippen LogP contribution >= 0.6 is 23.4 Å². The van der Waals surface area contributed by atoms with Crippen LogP contribution in [0.25, 0.3) is 16.1 Å². The number of esters is 2. The van der Waals surface area contributed by atoms with Gasteiger partial charge < -0.3 is 19.1 Å². The molecule has 1 aliphatic heterocycles. The topological polar surface area (TPSA) is 110 Å². The minimum absolute atomic E-state index is 0.0214. The normalized spacial score (nSPS) is 22.4. The maximum absolute atomic E-state index is 13.9. The molecule has 1 saturated heterocycles. The van der Waals surface area contributed by atoms with Crippen molar-refractivity contribution in [1.82, 2.24) is 20.0 Å². The average molecular weight is 596 g/mol. The Bertz CT molecular complexity index is 1460. The third-order valence-electron chi connectivity index (χ3n) is 5.98. The molecule has 5 atom stereocenters. The molecule has 0 radical (unpaired) electrons. The Hall–Kier alpha value is -3.67. The van der Waals surface area contributed by atoms with E-state index in [0.717, 1.165) is 23.9 Å². The maximum atomic E-state index is 13.9. The quantitative estimate of drug-likeness (QED) is 0.208. The van der Waals surface area contributed by atoms with Crippen molar-refractivity contribution in [3.63, 3.8) is 0 Å². The number of nitrogens with zero attached hydrogens (tertiary/aromatic N) is 5. The Morgan fingerprint density at radius 3 is 2.52 bits per heavy atom. The van der Waals surface area contributed by atoms with Gasteiger partial charge in [0.1, 0.15) is 30.0 Å². The van der Waals surface area contributed by atoms with Gasteiger partial charge in [-0.1, -0.05) is 30.3 Å². The fourth-order valence-corrected chi connectivity index (χ4v) is 5.66. The van der Waals surface area contributed by atoms with Crippen molar-refractivity contribution in [3.8, 4) is 11.3 Å². The van der Waals surface area contributed by atoms with Gasteiger partial charge in [0.25, 0.3) is 5.82 Å². The number of halogens is 4. The highest BCUT2D eigenvalue weighted by Gasteiger charge is 2.48. The number of carbonyl (C=O) groups is 2. The zero-order valence-corrected chi connectivity index (χ0v) is 22.8. The second-order valence-electron chi connectivity index (χ2n) is 8.81. The van der Waals surface area contributed by atoms with Crippen LogP contribution in [0.5, 0.6) is 0 Å². The molecular weight excluding hydrogens is 575 g/mol. The minimum atomic E-state index is -1.62. The highest BCUT2D eigenvalue weighted by atomic mass is 35.5. The van der Waals surface area contributed by atoms with Crippen LogP contribution in [-0.2, 0) is 23.8 Å². The smallest absolute Gasteiger partial charge is 0.303 e. The number of hydrogen-bond acceptors (Lipinski definition) is 9. The molecule has 2 aromatic heterocycles. The summed E-state index contributed by atoms with van der Waals surface area (Å²) in [5.74, 6) is -6.09. The zero-order chi connectivity index (χ0) is 29.1. The minimum Gasteiger partial charge on any atom is -0.463 e. The first-order valence-corrected chi connectivity index (χ1v) is 13.0. The van der Waals surface area contributed by atoms with Gasteiger partial charge in [0.05, 0.1) is 17.3 Å². The third kappa shape index (κ3) is 6.38. The summed E-state index contributed by atoms with van der Waals surface area (Å²) in [5, 5.41) is 8.39. The first-order chi connectivity index (χ1) is 19.0. The van der Waals surface area contributed by atoms with Gasteiger partial charge in [-0.15, -0.1) is 21.8 Å². The molecule has 0 saturated carbocycles. The molecular formula is C25H21ClF3N5O5S. The highest BCUT2D eigenvalue weighted by molar-refractivity contribution is 8.00. The lowest BCUT2D eigenvalue weighted by molar-refractivity contribution is -0.191. The number of thioether (sulfide) groups is 1. The number of benzene rings is 1. The molecule has 10 nitrogen and oxygen atoms in total. The van der Waals surface area contributed by atoms with Crippen LogP contribution in [-0.4, -0.2) is 56.2 Å². The molecule has 40 heavy (non-hydrogen) atoms. The lowest BCUT2D eigenvalue weighted by Crippen LogP contribution is -2.53. The summed E-state index contributed by atoms with van der Waals surface area (Å²) in [6.07, 6.45) is 0.678. The largest absolute Gasteiger partial charge is 0.463 e. The molecule has 3 heterocycles. The molecule has 2 unspecified atom stereocenters. The van der Waals surface area contributed by atoms with E-state index in [1.54, 1.807) is 13.0 Å². The van der Waals surface area contributed by atoms with Crippen LogP contribution in [0, 0.1) is 29.9 Å². The molecule has 1 aromatic carbocycles. The molecule has 210 valence electrons. The standard InChI is InChI=1S/C25H21ClF3N5O5S/c1-11-22(34-9-18(32-33-34)14-5-16(27)21(29)17(28)6-14)23(38-13(3)36)19(10-37-12(2)35)39-25(11)40-20-7-15(26)8-31-24(20)30-4/h5-9,11,19,22-23,25H,10H2,1-3H3/t11?,19?,22-,23+,25-/m1/s1. The summed E-state index contributed by atoms with van der Waals surface area (Å²) in [7, 11) is 0. The first kappa shape index (κ1) is 29.3. The van der Waals surface area contributed by atoms with Crippen LogP contribution in [0.2, 0.25) is 5.02 Å². The Balaban J connectivity index is 1.76. The molecule has 0 aliphatic carbocycles. The molecule has 1 fully saturated rings. The van der Waals surface area contributed by atoms with E-state index in [1.165, 1.54) is 30.9 Å². The summed E-state index contributed by atoms with van der Waals surface area (Å²) < 4.78 is 59.6. The van der Waals surface area contributed by atoms with E-state index in [2.05, 4.69) is 20.1 Å². The predicted molar refractivity (Wildman–Crippen MR) is 136 cm³/mol. The lowest BCUT2D eigenvalue weighted by atomic mass is 9.90. The van der Waals surface area contributed by atoms with Gasteiger partial charge in [-0.25, -0.2) is 17.9 Å². The SMILES string of the molecule is [C-]#[N+]c1ncc(Cl)cc1S[C@H]1OC(COC(C)=O)[C@H](OC(C)=O)[C@H](n2cc(-c3cc(F)c(F)c(F)c3)nn2)C1C. The summed E-state index contributed by atoms with van der Waals surface area (Å²) in [4.78, 5) is 31.6. The molecule has 3 aromatic rings. The fourth-order valence-electron chi connectivity index (χ4n) is 4.22. The summed E-state index contributed by atoms with van der Waals surface area (Å²) in [6, 6.07) is 2.33. The Morgan fingerprint density at radius 1 is 1.20 bits per heavy atom. The van der Waals surface area contributed by atoms with Crippen LogP contribution in [0.1, 0.15) is 26.8 Å². The summed E-state index contributed by atoms with van der Waals surface area (Å²) in [6.45, 7) is 11.3. The molecule has 4 rings (SSSR count).